The summed E-state index contributed by atoms with van der Waals surface area (Å²) in [5.41, 5.74) is 2.23. The Morgan fingerprint density at radius 3 is 2.67 bits per heavy atom. The molecule has 150 valence electrons. The summed E-state index contributed by atoms with van der Waals surface area (Å²) in [7, 11) is 5.10. The van der Waals surface area contributed by atoms with Crippen LogP contribution in [0.2, 0.25) is 0 Å². The molecule has 0 spiro atoms. The summed E-state index contributed by atoms with van der Waals surface area (Å²) in [5.74, 6) is 2.60. The molecule has 0 bridgehead atoms. The van der Waals surface area contributed by atoms with Crippen LogP contribution in [0.5, 0.6) is 11.5 Å². The van der Waals surface area contributed by atoms with Crippen LogP contribution in [0.3, 0.4) is 0 Å². The largest absolute Gasteiger partial charge is 0.496 e. The van der Waals surface area contributed by atoms with Gasteiger partial charge in [0.2, 0.25) is 5.91 Å². The third-order valence-corrected chi connectivity index (χ3v) is 6.02. The van der Waals surface area contributed by atoms with Gasteiger partial charge in [-0.2, -0.15) is 0 Å². The van der Waals surface area contributed by atoms with Gasteiger partial charge in [-0.3, -0.25) is 9.69 Å². The Hall–Kier alpha value is -1.79. The molecule has 3 rings (SSSR count). The Bertz CT molecular complexity index is 664. The number of fused-ring (bicyclic) bond motifs is 1. The number of hydrogen-bond acceptors (Lipinski definition) is 5. The van der Waals surface area contributed by atoms with E-state index in [1.165, 1.54) is 5.56 Å². The van der Waals surface area contributed by atoms with E-state index < -0.39 is 0 Å². The predicted molar refractivity (Wildman–Crippen MR) is 104 cm³/mol. The lowest BCUT2D eigenvalue weighted by Crippen LogP contribution is -2.56. The summed E-state index contributed by atoms with van der Waals surface area (Å²) in [6.07, 6.45) is 2.67. The van der Waals surface area contributed by atoms with Gasteiger partial charge in [-0.25, -0.2) is 0 Å². The van der Waals surface area contributed by atoms with Crippen molar-refractivity contribution < 1.29 is 19.0 Å². The van der Waals surface area contributed by atoms with Crippen molar-refractivity contribution in [2.24, 2.45) is 5.92 Å². The highest BCUT2D eigenvalue weighted by molar-refractivity contribution is 5.77. The highest BCUT2D eigenvalue weighted by Gasteiger charge is 2.39. The molecule has 6 nitrogen and oxygen atoms in total. The van der Waals surface area contributed by atoms with Crippen LogP contribution in [-0.4, -0.2) is 69.3 Å². The van der Waals surface area contributed by atoms with Crippen molar-refractivity contribution in [2.45, 2.75) is 38.8 Å². The lowest BCUT2D eigenvalue weighted by molar-refractivity contribution is -0.142. The van der Waals surface area contributed by atoms with Gasteiger partial charge in [-0.15, -0.1) is 0 Å². The monoisotopic (exact) mass is 376 g/mol. The maximum atomic E-state index is 12.3. The molecule has 2 aliphatic rings. The van der Waals surface area contributed by atoms with Crippen LogP contribution in [0.1, 0.15) is 30.4 Å². The van der Waals surface area contributed by atoms with Gasteiger partial charge in [0.05, 0.1) is 20.8 Å². The second-order valence-corrected chi connectivity index (χ2v) is 7.56. The summed E-state index contributed by atoms with van der Waals surface area (Å²) in [5, 5.41) is 0. The minimum absolute atomic E-state index is 0.286. The van der Waals surface area contributed by atoms with Crippen LogP contribution in [0.15, 0.2) is 12.1 Å². The van der Waals surface area contributed by atoms with Crippen molar-refractivity contribution in [3.8, 4) is 11.5 Å². The van der Waals surface area contributed by atoms with Crippen molar-refractivity contribution in [1.82, 2.24) is 9.80 Å². The summed E-state index contributed by atoms with van der Waals surface area (Å²) >= 11 is 0. The Morgan fingerprint density at radius 2 is 1.96 bits per heavy atom. The third-order valence-electron chi connectivity index (χ3n) is 6.02. The molecule has 0 radical (unpaired) electrons. The maximum absolute atomic E-state index is 12.3. The van der Waals surface area contributed by atoms with Gasteiger partial charge in [0.25, 0.3) is 0 Å². The van der Waals surface area contributed by atoms with Crippen LogP contribution in [0.25, 0.3) is 0 Å². The number of methoxy groups -OCH3 is 3. The van der Waals surface area contributed by atoms with Crippen molar-refractivity contribution >= 4 is 5.91 Å². The molecule has 0 saturated carbocycles. The van der Waals surface area contributed by atoms with Gasteiger partial charge in [-0.05, 0) is 31.7 Å². The Labute approximate surface area is 162 Å². The molecule has 2 saturated heterocycles. The Morgan fingerprint density at radius 1 is 1.15 bits per heavy atom. The second kappa shape index (κ2) is 8.93. The SMILES string of the molecule is COCCN1C(=O)CC[C@@H]2CN(Cc3ccc(OC)c(C)c3OC)CC[C@@H]21. The van der Waals surface area contributed by atoms with Crippen molar-refractivity contribution in [1.29, 1.82) is 0 Å². The second-order valence-electron chi connectivity index (χ2n) is 7.56. The van der Waals surface area contributed by atoms with Crippen molar-refractivity contribution in [3.05, 3.63) is 23.3 Å². The molecule has 0 unspecified atom stereocenters. The molecule has 0 aliphatic carbocycles. The molecule has 2 heterocycles. The lowest BCUT2D eigenvalue weighted by atomic mass is 9.83. The number of hydrogen-bond donors (Lipinski definition) is 0. The molecule has 6 heteroatoms. The number of likely N-dealkylation sites (tertiary alicyclic amines) is 2. The fourth-order valence-electron chi connectivity index (χ4n) is 4.65. The van der Waals surface area contributed by atoms with E-state index in [1.54, 1.807) is 21.3 Å². The predicted octanol–water partition coefficient (Wildman–Crippen LogP) is 2.47. The molecule has 0 N–H and O–H groups in total. The van der Waals surface area contributed by atoms with Crippen LogP contribution in [0, 0.1) is 12.8 Å². The van der Waals surface area contributed by atoms with E-state index in [0.29, 0.717) is 31.5 Å². The number of rotatable bonds is 7. The number of carbonyl (C=O) groups excluding carboxylic acids is 1. The van der Waals surface area contributed by atoms with Gasteiger partial charge in [0.15, 0.2) is 0 Å². The first kappa shape index (κ1) is 20.0. The first-order chi connectivity index (χ1) is 13.1. The van der Waals surface area contributed by atoms with Crippen molar-refractivity contribution in [3.63, 3.8) is 0 Å². The van der Waals surface area contributed by atoms with Gasteiger partial charge in [-0.1, -0.05) is 6.07 Å². The number of piperidine rings is 2. The highest BCUT2D eigenvalue weighted by Crippen LogP contribution is 2.35. The van der Waals surface area contributed by atoms with E-state index in [-0.39, 0.29) is 5.91 Å². The number of carbonyl (C=O) groups is 1. The molecular formula is C21H32N2O4. The van der Waals surface area contributed by atoms with E-state index in [2.05, 4.69) is 15.9 Å². The zero-order valence-corrected chi connectivity index (χ0v) is 17.0. The summed E-state index contributed by atoms with van der Waals surface area (Å²) in [6.45, 7) is 6.24. The van der Waals surface area contributed by atoms with Gasteiger partial charge in [0, 0.05) is 56.9 Å². The molecule has 2 fully saturated rings. The summed E-state index contributed by atoms with van der Waals surface area (Å²) in [6, 6.07) is 4.48. The molecule has 1 amide bonds. The first-order valence-corrected chi connectivity index (χ1v) is 9.80. The number of benzene rings is 1. The maximum Gasteiger partial charge on any atom is 0.222 e. The normalized spacial score (nSPS) is 23.3. The molecule has 2 atom stereocenters. The molecule has 0 aromatic heterocycles. The quantitative estimate of drug-likeness (QED) is 0.732. The van der Waals surface area contributed by atoms with E-state index in [9.17, 15) is 4.79 Å². The fourth-order valence-corrected chi connectivity index (χ4v) is 4.65. The average molecular weight is 376 g/mol. The molecule has 2 aliphatic heterocycles. The lowest BCUT2D eigenvalue weighted by Gasteiger charge is -2.47. The van der Waals surface area contributed by atoms with Gasteiger partial charge >= 0.3 is 0 Å². The summed E-state index contributed by atoms with van der Waals surface area (Å²) in [4.78, 5) is 16.9. The zero-order chi connectivity index (χ0) is 19.4. The Balaban J connectivity index is 1.68. The van der Waals surface area contributed by atoms with Crippen molar-refractivity contribution in [2.75, 3.05) is 47.6 Å². The number of amides is 1. The highest BCUT2D eigenvalue weighted by atomic mass is 16.5. The van der Waals surface area contributed by atoms with Crippen LogP contribution in [-0.2, 0) is 16.1 Å². The molecular weight excluding hydrogens is 344 g/mol. The van der Waals surface area contributed by atoms with Gasteiger partial charge < -0.3 is 19.1 Å². The minimum Gasteiger partial charge on any atom is -0.496 e. The topological polar surface area (TPSA) is 51.2 Å². The minimum atomic E-state index is 0.286. The van der Waals surface area contributed by atoms with E-state index in [0.717, 1.165) is 49.5 Å². The summed E-state index contributed by atoms with van der Waals surface area (Å²) < 4.78 is 16.3. The first-order valence-electron chi connectivity index (χ1n) is 9.80. The number of ether oxygens (including phenoxy) is 3. The van der Waals surface area contributed by atoms with E-state index in [1.807, 2.05) is 13.0 Å². The fraction of sp³-hybridized carbons (Fsp3) is 0.667. The Kier molecular flexibility index (Phi) is 6.60. The molecule has 1 aromatic carbocycles. The third kappa shape index (κ3) is 4.22. The number of nitrogens with zero attached hydrogens (tertiary/aromatic N) is 2. The zero-order valence-electron chi connectivity index (χ0n) is 17.0. The molecule has 1 aromatic rings. The van der Waals surface area contributed by atoms with Crippen LogP contribution < -0.4 is 9.47 Å². The van der Waals surface area contributed by atoms with Gasteiger partial charge in [0.1, 0.15) is 11.5 Å². The average Bonchev–Trinajstić information content (AvgIpc) is 2.68. The van der Waals surface area contributed by atoms with Crippen LogP contribution >= 0.6 is 0 Å². The molecule has 27 heavy (non-hydrogen) atoms. The van der Waals surface area contributed by atoms with Crippen LogP contribution in [0.4, 0.5) is 0 Å². The smallest absolute Gasteiger partial charge is 0.222 e. The van der Waals surface area contributed by atoms with E-state index in [4.69, 9.17) is 14.2 Å². The standard InChI is InChI=1S/C21H32N2O4/c1-15-19(26-3)7-5-17(21(15)27-4)14-22-10-9-18-16(13-22)6-8-20(24)23(18)11-12-25-2/h5,7,16,18H,6,8-14H2,1-4H3/t16-,18+/m1/s1. The van der Waals surface area contributed by atoms with E-state index >= 15 is 0 Å².